The maximum atomic E-state index is 11.3. The van der Waals surface area contributed by atoms with E-state index in [1.54, 1.807) is 18.6 Å². The van der Waals surface area contributed by atoms with Crippen LogP contribution in [0.2, 0.25) is 0 Å². The number of nitrogens with zero attached hydrogens (tertiary/aromatic N) is 1. The lowest BCUT2D eigenvalue weighted by Gasteiger charge is -1.98. The number of hydrogen-bond donors (Lipinski definition) is 3. The van der Waals surface area contributed by atoms with Gasteiger partial charge in [-0.3, -0.25) is 15.2 Å². The number of pyridine rings is 1. The van der Waals surface area contributed by atoms with Crippen LogP contribution in [0.5, 0.6) is 0 Å². The SMILES string of the molecule is NNC(=O)c1c[nH]c2cncc(Br)c12. The molecule has 2 heterocycles. The number of hydrogen-bond acceptors (Lipinski definition) is 3. The number of halogens is 1. The number of nitrogens with one attached hydrogen (secondary N) is 2. The molecule has 4 N–H and O–H groups in total. The quantitative estimate of drug-likeness (QED) is 0.402. The molecule has 2 rings (SSSR count). The third kappa shape index (κ3) is 1.28. The molecule has 1 amide bonds. The van der Waals surface area contributed by atoms with E-state index in [0.29, 0.717) is 5.56 Å². The van der Waals surface area contributed by atoms with Gasteiger partial charge < -0.3 is 4.98 Å². The molecule has 2 aromatic heterocycles. The topological polar surface area (TPSA) is 83.8 Å². The average molecular weight is 255 g/mol. The smallest absolute Gasteiger partial charge is 0.267 e. The normalized spacial score (nSPS) is 10.4. The van der Waals surface area contributed by atoms with Gasteiger partial charge in [0.15, 0.2) is 0 Å². The fraction of sp³-hybridized carbons (Fsp3) is 0. The van der Waals surface area contributed by atoms with E-state index in [4.69, 9.17) is 5.84 Å². The molecule has 14 heavy (non-hydrogen) atoms. The Hall–Kier alpha value is -1.40. The highest BCUT2D eigenvalue weighted by Gasteiger charge is 2.12. The number of amides is 1. The molecule has 0 spiro atoms. The molecule has 0 radical (unpaired) electrons. The van der Waals surface area contributed by atoms with Gasteiger partial charge in [-0.05, 0) is 15.9 Å². The van der Waals surface area contributed by atoms with Crippen molar-refractivity contribution >= 4 is 32.7 Å². The predicted molar refractivity (Wildman–Crippen MR) is 55.4 cm³/mol. The summed E-state index contributed by atoms with van der Waals surface area (Å²) in [7, 11) is 0. The van der Waals surface area contributed by atoms with Crippen molar-refractivity contribution in [3.05, 3.63) is 28.6 Å². The number of hydrazine groups is 1. The Kier molecular flexibility index (Phi) is 2.22. The number of nitrogen functional groups attached to an aromatic ring is 1. The van der Waals surface area contributed by atoms with Crippen LogP contribution in [0.15, 0.2) is 23.1 Å². The minimum atomic E-state index is -0.330. The average Bonchev–Trinajstić information content (AvgIpc) is 2.62. The molecular formula is C8H7BrN4O. The van der Waals surface area contributed by atoms with Crippen LogP contribution in [0.4, 0.5) is 0 Å². The van der Waals surface area contributed by atoms with E-state index in [-0.39, 0.29) is 5.91 Å². The third-order valence-corrected chi connectivity index (χ3v) is 2.52. The summed E-state index contributed by atoms with van der Waals surface area (Å²) >= 11 is 3.32. The van der Waals surface area contributed by atoms with Crippen LogP contribution in [0.1, 0.15) is 10.4 Å². The van der Waals surface area contributed by atoms with E-state index < -0.39 is 0 Å². The van der Waals surface area contributed by atoms with Crippen molar-refractivity contribution < 1.29 is 4.79 Å². The number of nitrogens with two attached hydrogens (primary N) is 1. The van der Waals surface area contributed by atoms with Gasteiger partial charge in [-0.25, -0.2) is 5.84 Å². The van der Waals surface area contributed by atoms with Gasteiger partial charge in [0, 0.05) is 22.3 Å². The van der Waals surface area contributed by atoms with E-state index in [1.165, 1.54) is 0 Å². The highest BCUT2D eigenvalue weighted by molar-refractivity contribution is 9.10. The molecule has 5 nitrogen and oxygen atoms in total. The summed E-state index contributed by atoms with van der Waals surface area (Å²) in [5, 5.41) is 0.781. The van der Waals surface area contributed by atoms with Gasteiger partial charge in [0.05, 0.1) is 17.3 Å². The summed E-state index contributed by atoms with van der Waals surface area (Å²) in [5.41, 5.74) is 3.37. The molecule has 0 saturated carbocycles. The second kappa shape index (κ2) is 3.39. The molecule has 0 fully saturated rings. The largest absolute Gasteiger partial charge is 0.359 e. The number of fused-ring (bicyclic) bond motifs is 1. The third-order valence-electron chi connectivity index (χ3n) is 1.92. The Morgan fingerprint density at radius 3 is 3.07 bits per heavy atom. The summed E-state index contributed by atoms with van der Waals surface area (Å²) in [5.74, 6) is 4.73. The maximum absolute atomic E-state index is 11.3. The van der Waals surface area contributed by atoms with Crippen molar-refractivity contribution in [2.24, 2.45) is 5.84 Å². The van der Waals surface area contributed by atoms with Gasteiger partial charge >= 0.3 is 0 Å². The second-order valence-corrected chi connectivity index (χ2v) is 3.57. The van der Waals surface area contributed by atoms with E-state index in [0.717, 1.165) is 15.4 Å². The van der Waals surface area contributed by atoms with Crippen molar-refractivity contribution in [2.45, 2.75) is 0 Å². The van der Waals surface area contributed by atoms with E-state index in [9.17, 15) is 4.79 Å². The molecule has 0 atom stereocenters. The van der Waals surface area contributed by atoms with Crippen molar-refractivity contribution in [3.63, 3.8) is 0 Å². The Balaban J connectivity index is 2.73. The number of carbonyl (C=O) groups excluding carboxylic acids is 1. The van der Waals surface area contributed by atoms with Gasteiger partial charge in [-0.1, -0.05) is 0 Å². The highest BCUT2D eigenvalue weighted by atomic mass is 79.9. The Labute approximate surface area is 87.8 Å². The van der Waals surface area contributed by atoms with Crippen LogP contribution in [0.3, 0.4) is 0 Å². The van der Waals surface area contributed by atoms with Crippen LogP contribution in [-0.2, 0) is 0 Å². The molecule has 0 aliphatic rings. The summed E-state index contributed by atoms with van der Waals surface area (Å²) in [6.45, 7) is 0. The van der Waals surface area contributed by atoms with Gasteiger partial charge in [0.2, 0.25) is 0 Å². The zero-order valence-corrected chi connectivity index (χ0v) is 8.63. The minimum Gasteiger partial charge on any atom is -0.359 e. The monoisotopic (exact) mass is 254 g/mol. The standard InChI is InChI=1S/C8H7BrN4O/c9-5-2-11-3-6-7(5)4(1-12-6)8(14)13-10/h1-3,12H,10H2,(H,13,14). The van der Waals surface area contributed by atoms with Gasteiger partial charge in [0.25, 0.3) is 5.91 Å². The van der Waals surface area contributed by atoms with E-state index >= 15 is 0 Å². The molecule has 6 heteroatoms. The molecule has 72 valence electrons. The van der Waals surface area contributed by atoms with Crippen LogP contribution in [0, 0.1) is 0 Å². The van der Waals surface area contributed by atoms with Crippen LogP contribution in [-0.4, -0.2) is 15.9 Å². The molecule has 0 unspecified atom stereocenters. The first kappa shape index (κ1) is 9.17. The van der Waals surface area contributed by atoms with Gasteiger partial charge in [-0.2, -0.15) is 0 Å². The summed E-state index contributed by atoms with van der Waals surface area (Å²) < 4.78 is 0.759. The number of carbonyl (C=O) groups is 1. The zero-order valence-electron chi connectivity index (χ0n) is 7.04. The second-order valence-electron chi connectivity index (χ2n) is 2.72. The van der Waals surface area contributed by atoms with Crippen molar-refractivity contribution in [1.29, 1.82) is 0 Å². The summed E-state index contributed by atoms with van der Waals surface area (Å²) in [6, 6.07) is 0. The number of aromatic nitrogens is 2. The number of H-pyrrole nitrogens is 1. The van der Waals surface area contributed by atoms with Crippen LogP contribution in [0.25, 0.3) is 10.9 Å². The number of aromatic amines is 1. The molecule has 2 aromatic rings. The first-order valence-electron chi connectivity index (χ1n) is 3.85. The minimum absolute atomic E-state index is 0.330. The van der Waals surface area contributed by atoms with E-state index in [2.05, 4.69) is 31.3 Å². The van der Waals surface area contributed by atoms with Crippen LogP contribution >= 0.6 is 15.9 Å². The number of rotatable bonds is 1. The molecule has 0 aliphatic heterocycles. The molecule has 0 aliphatic carbocycles. The van der Waals surface area contributed by atoms with Crippen molar-refractivity contribution in [2.75, 3.05) is 0 Å². The van der Waals surface area contributed by atoms with E-state index in [1.807, 2.05) is 0 Å². The fourth-order valence-electron chi connectivity index (χ4n) is 1.30. The first-order chi connectivity index (χ1) is 6.74. The van der Waals surface area contributed by atoms with Crippen molar-refractivity contribution in [1.82, 2.24) is 15.4 Å². The molecule has 0 saturated heterocycles. The lowest BCUT2D eigenvalue weighted by atomic mass is 10.2. The Bertz CT molecular complexity index is 493. The Morgan fingerprint density at radius 1 is 1.57 bits per heavy atom. The first-order valence-corrected chi connectivity index (χ1v) is 4.65. The summed E-state index contributed by atoms with van der Waals surface area (Å²) in [6.07, 6.45) is 4.87. The highest BCUT2D eigenvalue weighted by Crippen LogP contribution is 2.25. The van der Waals surface area contributed by atoms with Crippen molar-refractivity contribution in [3.8, 4) is 0 Å². The lowest BCUT2D eigenvalue weighted by molar-refractivity contribution is 0.0955. The van der Waals surface area contributed by atoms with Gasteiger partial charge in [-0.15, -0.1) is 0 Å². The van der Waals surface area contributed by atoms with Crippen LogP contribution < -0.4 is 11.3 Å². The van der Waals surface area contributed by atoms with Gasteiger partial charge in [0.1, 0.15) is 0 Å². The maximum Gasteiger partial charge on any atom is 0.267 e. The lowest BCUT2D eigenvalue weighted by Crippen LogP contribution is -2.29. The molecule has 0 bridgehead atoms. The predicted octanol–water partition coefficient (Wildman–Crippen LogP) is 0.929. The molecular weight excluding hydrogens is 248 g/mol. The summed E-state index contributed by atoms with van der Waals surface area (Å²) in [4.78, 5) is 18.2. The Morgan fingerprint density at radius 2 is 2.36 bits per heavy atom. The molecule has 0 aromatic carbocycles. The zero-order chi connectivity index (χ0) is 10.1. The fourth-order valence-corrected chi connectivity index (χ4v) is 1.84.